The number of benzene rings is 1. The van der Waals surface area contributed by atoms with Gasteiger partial charge in [0, 0.05) is 6.04 Å². The Bertz CT molecular complexity index is 565. The molecule has 1 aromatic rings. The molecule has 1 rings (SSSR count). The fraction of sp³-hybridized carbons (Fsp3) is 0.600. The molecule has 0 unspecified atom stereocenters. The molecule has 114 valence electrons. The van der Waals surface area contributed by atoms with Gasteiger partial charge in [-0.2, -0.15) is 0 Å². The van der Waals surface area contributed by atoms with Crippen LogP contribution in [0.4, 0.5) is 0 Å². The van der Waals surface area contributed by atoms with Gasteiger partial charge in [0.15, 0.2) is 0 Å². The summed E-state index contributed by atoms with van der Waals surface area (Å²) >= 11 is 0. The average Bonchev–Trinajstić information content (AvgIpc) is 2.36. The molecule has 0 aliphatic carbocycles. The van der Waals surface area contributed by atoms with Crippen LogP contribution >= 0.6 is 0 Å². The van der Waals surface area contributed by atoms with E-state index in [0.717, 1.165) is 17.7 Å². The highest BCUT2D eigenvalue weighted by atomic mass is 32.2. The summed E-state index contributed by atoms with van der Waals surface area (Å²) in [6.45, 7) is 9.64. The largest absolute Gasteiger partial charge is 0.496 e. The van der Waals surface area contributed by atoms with Gasteiger partial charge in [0.05, 0.1) is 12.0 Å². The van der Waals surface area contributed by atoms with Crippen molar-refractivity contribution in [3.8, 4) is 5.75 Å². The highest BCUT2D eigenvalue weighted by Gasteiger charge is 2.22. The van der Waals surface area contributed by atoms with Crippen molar-refractivity contribution in [2.75, 3.05) is 7.11 Å². The van der Waals surface area contributed by atoms with Crippen LogP contribution in [0, 0.1) is 6.92 Å². The van der Waals surface area contributed by atoms with E-state index in [0.29, 0.717) is 10.5 Å². The Balaban J connectivity index is 3.35. The molecule has 0 aromatic heterocycles. The maximum Gasteiger partial charge on any atom is 0.241 e. The number of hydrogen-bond donors (Lipinski definition) is 1. The van der Waals surface area contributed by atoms with Gasteiger partial charge in [-0.15, -0.1) is 0 Å². The van der Waals surface area contributed by atoms with Crippen molar-refractivity contribution in [2.24, 2.45) is 0 Å². The first-order valence-electron chi connectivity index (χ1n) is 6.93. The zero-order valence-corrected chi connectivity index (χ0v) is 14.0. The second kappa shape index (κ2) is 6.59. The van der Waals surface area contributed by atoms with Gasteiger partial charge >= 0.3 is 0 Å². The van der Waals surface area contributed by atoms with Crippen molar-refractivity contribution < 1.29 is 13.2 Å². The number of hydrogen-bond acceptors (Lipinski definition) is 3. The standard InChI is InChI=1S/C15H25NO3S/c1-7-12(5)16-20(17,18)15-9-13(10(2)3)14(19-6)8-11(15)4/h8-10,12,16H,7H2,1-6H3/t12-/m0/s1. The smallest absolute Gasteiger partial charge is 0.241 e. The third kappa shape index (κ3) is 3.73. The molecule has 0 amide bonds. The summed E-state index contributed by atoms with van der Waals surface area (Å²) in [5.41, 5.74) is 1.60. The predicted octanol–water partition coefficient (Wildman–Crippen LogP) is 3.20. The third-order valence-corrected chi connectivity index (χ3v) is 5.14. The zero-order valence-electron chi connectivity index (χ0n) is 13.1. The Morgan fingerprint density at radius 3 is 2.30 bits per heavy atom. The van der Waals surface area contributed by atoms with Crippen LogP contribution in [0.1, 0.15) is 51.2 Å². The van der Waals surface area contributed by atoms with Crippen LogP contribution < -0.4 is 9.46 Å². The maximum absolute atomic E-state index is 12.4. The number of aryl methyl sites for hydroxylation is 1. The van der Waals surface area contributed by atoms with Crippen molar-refractivity contribution in [1.82, 2.24) is 4.72 Å². The highest BCUT2D eigenvalue weighted by molar-refractivity contribution is 7.89. The Labute approximate surface area is 122 Å². The van der Waals surface area contributed by atoms with E-state index in [2.05, 4.69) is 4.72 Å². The zero-order chi connectivity index (χ0) is 15.5. The summed E-state index contributed by atoms with van der Waals surface area (Å²) in [4.78, 5) is 0.335. The molecule has 0 radical (unpaired) electrons. The Morgan fingerprint density at radius 1 is 1.25 bits per heavy atom. The quantitative estimate of drug-likeness (QED) is 0.877. The first kappa shape index (κ1) is 17.0. The molecule has 1 atom stereocenters. The summed E-state index contributed by atoms with van der Waals surface area (Å²) in [6, 6.07) is 3.44. The molecule has 1 aromatic carbocycles. The summed E-state index contributed by atoms with van der Waals surface area (Å²) < 4.78 is 32.9. The molecular formula is C15H25NO3S. The van der Waals surface area contributed by atoms with E-state index in [1.807, 2.05) is 27.7 Å². The average molecular weight is 299 g/mol. The molecule has 0 bridgehead atoms. The SMILES string of the molecule is CC[C@H](C)NS(=O)(=O)c1cc(C(C)C)c(OC)cc1C. The molecule has 0 fully saturated rings. The lowest BCUT2D eigenvalue weighted by molar-refractivity contribution is 0.406. The van der Waals surface area contributed by atoms with E-state index < -0.39 is 10.0 Å². The van der Waals surface area contributed by atoms with E-state index in [4.69, 9.17) is 4.74 Å². The molecule has 0 aliphatic heterocycles. The van der Waals surface area contributed by atoms with Gasteiger partial charge in [0.2, 0.25) is 10.0 Å². The van der Waals surface area contributed by atoms with E-state index >= 15 is 0 Å². The van der Waals surface area contributed by atoms with Crippen LogP contribution in [-0.2, 0) is 10.0 Å². The van der Waals surface area contributed by atoms with Crippen molar-refractivity contribution in [3.05, 3.63) is 23.3 Å². The first-order valence-corrected chi connectivity index (χ1v) is 8.42. The van der Waals surface area contributed by atoms with E-state index in [1.165, 1.54) is 0 Å². The number of nitrogens with one attached hydrogen (secondary N) is 1. The number of sulfonamides is 1. The van der Waals surface area contributed by atoms with Gasteiger partial charge < -0.3 is 4.74 Å². The molecule has 5 heteroatoms. The van der Waals surface area contributed by atoms with Crippen LogP contribution in [0.15, 0.2) is 17.0 Å². The lowest BCUT2D eigenvalue weighted by Crippen LogP contribution is -2.32. The Hall–Kier alpha value is -1.07. The predicted molar refractivity (Wildman–Crippen MR) is 81.9 cm³/mol. The minimum absolute atomic E-state index is 0.0796. The van der Waals surface area contributed by atoms with Crippen molar-refractivity contribution in [2.45, 2.75) is 57.9 Å². The number of methoxy groups -OCH3 is 1. The molecule has 0 aliphatic rings. The van der Waals surface area contributed by atoms with Crippen LogP contribution in [0.2, 0.25) is 0 Å². The van der Waals surface area contributed by atoms with Crippen molar-refractivity contribution in [1.29, 1.82) is 0 Å². The van der Waals surface area contributed by atoms with Gasteiger partial charge in [-0.05, 0) is 49.4 Å². The minimum Gasteiger partial charge on any atom is -0.496 e. The fourth-order valence-corrected chi connectivity index (χ4v) is 3.59. The molecule has 0 saturated heterocycles. The summed E-state index contributed by atoms with van der Waals surface area (Å²) in [5.74, 6) is 0.933. The summed E-state index contributed by atoms with van der Waals surface area (Å²) in [5, 5.41) is 0. The molecule has 1 N–H and O–H groups in total. The molecule has 0 saturated carbocycles. The second-order valence-electron chi connectivity index (χ2n) is 5.44. The van der Waals surface area contributed by atoms with Crippen LogP contribution in [0.25, 0.3) is 0 Å². The van der Waals surface area contributed by atoms with Gasteiger partial charge in [-0.25, -0.2) is 13.1 Å². The topological polar surface area (TPSA) is 55.4 Å². The van der Waals surface area contributed by atoms with Gasteiger partial charge in [0.25, 0.3) is 0 Å². The van der Waals surface area contributed by atoms with E-state index in [9.17, 15) is 8.42 Å². The molecule has 0 spiro atoms. The lowest BCUT2D eigenvalue weighted by atomic mass is 10.0. The Kier molecular flexibility index (Phi) is 5.59. The molecular weight excluding hydrogens is 274 g/mol. The van der Waals surface area contributed by atoms with Crippen molar-refractivity contribution >= 4 is 10.0 Å². The van der Waals surface area contributed by atoms with Gasteiger partial charge in [-0.1, -0.05) is 20.8 Å². The monoisotopic (exact) mass is 299 g/mol. The first-order chi connectivity index (χ1) is 9.22. The summed E-state index contributed by atoms with van der Waals surface area (Å²) in [7, 11) is -1.89. The fourth-order valence-electron chi connectivity index (χ4n) is 2.01. The molecule has 0 heterocycles. The Morgan fingerprint density at radius 2 is 1.85 bits per heavy atom. The second-order valence-corrected chi connectivity index (χ2v) is 7.13. The van der Waals surface area contributed by atoms with Gasteiger partial charge in [-0.3, -0.25) is 0 Å². The lowest BCUT2D eigenvalue weighted by Gasteiger charge is -2.18. The van der Waals surface area contributed by atoms with Crippen LogP contribution in [0.3, 0.4) is 0 Å². The third-order valence-electron chi connectivity index (χ3n) is 3.41. The number of ether oxygens (including phenoxy) is 1. The van der Waals surface area contributed by atoms with Crippen LogP contribution in [0.5, 0.6) is 5.75 Å². The normalized spacial score (nSPS) is 13.6. The van der Waals surface area contributed by atoms with E-state index in [1.54, 1.807) is 26.2 Å². The van der Waals surface area contributed by atoms with Crippen molar-refractivity contribution in [3.63, 3.8) is 0 Å². The minimum atomic E-state index is -3.49. The summed E-state index contributed by atoms with van der Waals surface area (Å²) in [6.07, 6.45) is 0.755. The molecule has 4 nitrogen and oxygen atoms in total. The maximum atomic E-state index is 12.4. The highest BCUT2D eigenvalue weighted by Crippen LogP contribution is 2.31. The molecule has 20 heavy (non-hydrogen) atoms. The van der Waals surface area contributed by atoms with Crippen LogP contribution in [-0.4, -0.2) is 21.6 Å². The number of rotatable bonds is 6. The van der Waals surface area contributed by atoms with E-state index in [-0.39, 0.29) is 12.0 Å². The van der Waals surface area contributed by atoms with Gasteiger partial charge in [0.1, 0.15) is 5.75 Å².